The van der Waals surface area contributed by atoms with Crippen LogP contribution in [-0.4, -0.2) is 29.5 Å². The van der Waals surface area contributed by atoms with Gasteiger partial charge in [0.05, 0.1) is 0 Å². The van der Waals surface area contributed by atoms with Crippen LogP contribution in [0.15, 0.2) is 17.7 Å². The zero-order chi connectivity index (χ0) is 22.5. The monoisotopic (exact) mass is 438 g/mol. The number of benzene rings is 1. The molecule has 8 heteroatoms. The summed E-state index contributed by atoms with van der Waals surface area (Å²) in [6.07, 6.45) is 6.92. The maximum absolute atomic E-state index is 11.5. The number of aldehydes is 1. The van der Waals surface area contributed by atoms with Crippen molar-refractivity contribution in [3.05, 3.63) is 28.8 Å². The predicted octanol–water partition coefficient (Wildman–Crippen LogP) is 4.43. The number of carbonyl (C=O) groups is 1. The molecule has 1 fully saturated rings. The molecule has 3 rings (SSSR count). The highest BCUT2D eigenvalue weighted by atomic mass is 32.3. The fourth-order valence-electron chi connectivity index (χ4n) is 5.93. The lowest BCUT2D eigenvalue weighted by Crippen LogP contribution is -2.49. The van der Waals surface area contributed by atoms with Gasteiger partial charge in [-0.25, -0.2) is 0 Å². The summed E-state index contributed by atoms with van der Waals surface area (Å²) < 4.78 is 36.7. The average Bonchev–Trinajstić information content (AvgIpc) is 2.60. The van der Waals surface area contributed by atoms with Crippen molar-refractivity contribution in [2.45, 2.75) is 59.8 Å². The van der Waals surface area contributed by atoms with E-state index in [-0.39, 0.29) is 28.6 Å². The summed E-state index contributed by atoms with van der Waals surface area (Å²) in [4.78, 5) is 11.5. The van der Waals surface area contributed by atoms with Crippen molar-refractivity contribution < 1.29 is 32.2 Å². The van der Waals surface area contributed by atoms with Crippen molar-refractivity contribution in [3.63, 3.8) is 0 Å². The van der Waals surface area contributed by atoms with Gasteiger partial charge in [-0.15, -0.1) is 0 Å². The second kappa shape index (κ2) is 7.57. The molecule has 166 valence electrons. The van der Waals surface area contributed by atoms with E-state index >= 15 is 0 Å². The molecule has 30 heavy (non-hydrogen) atoms. The molecular weight excluding hydrogens is 408 g/mol. The van der Waals surface area contributed by atoms with Gasteiger partial charge in [0.25, 0.3) is 0 Å². The van der Waals surface area contributed by atoms with Gasteiger partial charge in [-0.05, 0) is 61.3 Å². The lowest BCUT2D eigenvalue weighted by atomic mass is 9.48. The molecule has 0 aromatic heterocycles. The van der Waals surface area contributed by atoms with Crippen molar-refractivity contribution in [2.75, 3.05) is 0 Å². The summed E-state index contributed by atoms with van der Waals surface area (Å²) in [5, 5.41) is 20.1. The topological polar surface area (TPSA) is 121 Å². The third-order valence-electron chi connectivity index (χ3n) is 7.37. The third-order valence-corrected chi connectivity index (χ3v) is 7.75. The second-order valence-corrected chi connectivity index (χ2v) is 10.6. The number of carbonyl (C=O) groups excluding carboxylic acids is 1. The van der Waals surface area contributed by atoms with Crippen LogP contribution in [0, 0.1) is 22.7 Å². The van der Waals surface area contributed by atoms with Crippen LogP contribution < -0.4 is 4.18 Å². The van der Waals surface area contributed by atoms with Crippen LogP contribution in [0.3, 0.4) is 0 Å². The lowest BCUT2D eigenvalue weighted by Gasteiger charge is -2.57. The fraction of sp³-hybridized carbons (Fsp3) is 0.591. The number of allylic oxidation sites excluding steroid dienone is 2. The number of hydrogen-bond donors (Lipinski definition) is 3. The van der Waals surface area contributed by atoms with E-state index in [0.29, 0.717) is 12.3 Å². The lowest BCUT2D eigenvalue weighted by molar-refractivity contribution is -0.0368. The van der Waals surface area contributed by atoms with E-state index in [2.05, 4.69) is 31.0 Å². The number of aromatic hydroxyl groups is 2. The van der Waals surface area contributed by atoms with Crippen molar-refractivity contribution in [2.24, 2.45) is 22.7 Å². The highest BCUT2D eigenvalue weighted by molar-refractivity contribution is 7.81. The van der Waals surface area contributed by atoms with E-state index < -0.39 is 33.2 Å². The van der Waals surface area contributed by atoms with Crippen LogP contribution in [0.25, 0.3) is 0 Å². The summed E-state index contributed by atoms with van der Waals surface area (Å²) in [6, 6.07) is 1.21. The first kappa shape index (κ1) is 22.6. The zero-order valence-electron chi connectivity index (χ0n) is 17.8. The van der Waals surface area contributed by atoms with Gasteiger partial charge < -0.3 is 14.4 Å². The Morgan fingerprint density at radius 1 is 1.23 bits per heavy atom. The third kappa shape index (κ3) is 3.95. The van der Waals surface area contributed by atoms with Crippen molar-refractivity contribution in [1.82, 2.24) is 0 Å². The van der Waals surface area contributed by atoms with Crippen LogP contribution in [0.5, 0.6) is 17.2 Å². The van der Waals surface area contributed by atoms with Gasteiger partial charge in [0, 0.05) is 5.56 Å². The van der Waals surface area contributed by atoms with E-state index in [0.717, 1.165) is 31.3 Å². The highest BCUT2D eigenvalue weighted by Gasteiger charge is 2.51. The molecule has 1 aromatic carbocycles. The normalized spacial score (nSPS) is 28.4. The maximum Gasteiger partial charge on any atom is 0.446 e. The minimum atomic E-state index is -4.94. The molecule has 0 bridgehead atoms. The molecule has 2 aliphatic carbocycles. The van der Waals surface area contributed by atoms with Crippen molar-refractivity contribution >= 4 is 16.7 Å². The van der Waals surface area contributed by atoms with Crippen LogP contribution >= 0.6 is 0 Å². The molecule has 0 amide bonds. The molecule has 0 spiro atoms. The summed E-state index contributed by atoms with van der Waals surface area (Å²) >= 11 is 0. The number of phenols is 2. The molecule has 0 radical (unpaired) electrons. The molecule has 7 nitrogen and oxygen atoms in total. The first-order valence-corrected chi connectivity index (χ1v) is 11.5. The molecule has 3 unspecified atom stereocenters. The van der Waals surface area contributed by atoms with Crippen molar-refractivity contribution in [1.29, 1.82) is 0 Å². The Hall–Kier alpha value is -2.06. The first-order chi connectivity index (χ1) is 13.8. The van der Waals surface area contributed by atoms with Gasteiger partial charge in [-0.3, -0.25) is 9.35 Å². The Kier molecular flexibility index (Phi) is 5.71. The minimum absolute atomic E-state index is 0.0167. The first-order valence-electron chi connectivity index (χ1n) is 10.2. The average molecular weight is 439 g/mol. The Bertz CT molecular complexity index is 993. The van der Waals surface area contributed by atoms with Gasteiger partial charge in [0.15, 0.2) is 23.5 Å². The molecule has 0 heterocycles. The van der Waals surface area contributed by atoms with E-state index in [9.17, 15) is 28.0 Å². The van der Waals surface area contributed by atoms with E-state index in [1.54, 1.807) is 0 Å². The predicted molar refractivity (Wildman–Crippen MR) is 112 cm³/mol. The largest absolute Gasteiger partial charge is 0.504 e. The van der Waals surface area contributed by atoms with E-state index in [1.807, 2.05) is 6.92 Å². The SMILES string of the molecule is CC1=CCC2C(C)(C)CCCC2(C)C1Cc1cc(O)c(O)c(C=O)c1OS(=O)(=O)O. The van der Waals surface area contributed by atoms with Gasteiger partial charge in [-0.1, -0.05) is 38.8 Å². The second-order valence-electron chi connectivity index (χ2n) is 9.62. The van der Waals surface area contributed by atoms with Gasteiger partial charge in [0.2, 0.25) is 0 Å². The van der Waals surface area contributed by atoms with Gasteiger partial charge in [-0.2, -0.15) is 8.42 Å². The molecule has 0 saturated heterocycles. The minimum Gasteiger partial charge on any atom is -0.504 e. The number of hydrogen-bond acceptors (Lipinski definition) is 6. The summed E-state index contributed by atoms with van der Waals surface area (Å²) in [5.41, 5.74) is 0.981. The number of phenolic OH excluding ortho intramolecular Hbond substituents is 2. The molecule has 1 aromatic rings. The Morgan fingerprint density at radius 2 is 1.90 bits per heavy atom. The van der Waals surface area contributed by atoms with Crippen LogP contribution in [0.2, 0.25) is 0 Å². The number of rotatable bonds is 5. The Morgan fingerprint density at radius 3 is 2.50 bits per heavy atom. The Labute approximate surface area is 177 Å². The molecule has 3 N–H and O–H groups in total. The smallest absolute Gasteiger partial charge is 0.446 e. The van der Waals surface area contributed by atoms with Gasteiger partial charge >= 0.3 is 10.4 Å². The molecule has 0 aliphatic heterocycles. The number of fused-ring (bicyclic) bond motifs is 1. The summed E-state index contributed by atoms with van der Waals surface area (Å²) in [5.74, 6) is -1.34. The van der Waals surface area contributed by atoms with Crippen LogP contribution in [0.4, 0.5) is 0 Å². The van der Waals surface area contributed by atoms with E-state index in [1.165, 1.54) is 6.07 Å². The fourth-order valence-corrected chi connectivity index (χ4v) is 6.34. The highest BCUT2D eigenvalue weighted by Crippen LogP contribution is 2.60. The molecule has 3 atom stereocenters. The molecule has 1 saturated carbocycles. The quantitative estimate of drug-likeness (QED) is 0.269. The standard InChI is InChI=1S/C22H30O7S/c1-13-6-7-18-21(2,3)8-5-9-22(18,4)16(13)10-14-11-17(24)19(25)15(12-23)20(14)29-30(26,27)28/h6,11-12,16,18,24-25H,5,7-10H2,1-4H3,(H,26,27,28). The van der Waals surface area contributed by atoms with Crippen LogP contribution in [-0.2, 0) is 16.8 Å². The van der Waals surface area contributed by atoms with Crippen LogP contribution in [0.1, 0.15) is 69.3 Å². The Balaban J connectivity index is 2.13. The van der Waals surface area contributed by atoms with Crippen molar-refractivity contribution in [3.8, 4) is 17.2 Å². The molecule has 2 aliphatic rings. The zero-order valence-corrected chi connectivity index (χ0v) is 18.6. The summed E-state index contributed by atoms with van der Waals surface area (Å²) in [7, 11) is -4.94. The molecular formula is C22H30O7S. The summed E-state index contributed by atoms with van der Waals surface area (Å²) in [6.45, 7) is 8.86. The van der Waals surface area contributed by atoms with E-state index in [4.69, 9.17) is 0 Å². The maximum atomic E-state index is 11.5. The van der Waals surface area contributed by atoms with Gasteiger partial charge in [0.1, 0.15) is 5.56 Å².